The third kappa shape index (κ3) is 2.19. The van der Waals surface area contributed by atoms with E-state index in [0.29, 0.717) is 0 Å². The Morgan fingerprint density at radius 2 is 2.16 bits per heavy atom. The Labute approximate surface area is 123 Å². The summed E-state index contributed by atoms with van der Waals surface area (Å²) < 4.78 is 1.29. The molecule has 0 radical (unpaired) electrons. The molecule has 19 heavy (non-hydrogen) atoms. The van der Waals surface area contributed by atoms with Crippen LogP contribution in [0.5, 0.6) is 0 Å². The van der Waals surface area contributed by atoms with E-state index in [0.717, 1.165) is 29.7 Å². The van der Waals surface area contributed by atoms with Crippen molar-refractivity contribution in [3.8, 4) is 0 Å². The lowest BCUT2D eigenvalue weighted by atomic mass is 9.85. The molecule has 0 saturated heterocycles. The first kappa shape index (κ1) is 12.2. The molecular weight excluding hydrogens is 274 g/mol. The van der Waals surface area contributed by atoms with Gasteiger partial charge in [-0.05, 0) is 49.1 Å². The summed E-state index contributed by atoms with van der Waals surface area (Å²) in [5, 5.41) is 1.50. The average molecular weight is 292 g/mol. The number of para-hydroxylation sites is 1. The minimum atomic E-state index is 0.288. The maximum Gasteiger partial charge on any atom is 0.0953 e. The van der Waals surface area contributed by atoms with Crippen LogP contribution in [0.2, 0.25) is 0 Å². The van der Waals surface area contributed by atoms with Gasteiger partial charge in [-0.25, -0.2) is 4.98 Å². The molecule has 4 unspecified atom stereocenters. The van der Waals surface area contributed by atoms with Gasteiger partial charge in [0.25, 0.3) is 0 Å². The summed E-state index contributed by atoms with van der Waals surface area (Å²) in [6.45, 7) is 0. The van der Waals surface area contributed by atoms with Crippen LogP contribution >= 0.6 is 22.9 Å². The lowest BCUT2D eigenvalue weighted by molar-refractivity contribution is 0.319. The van der Waals surface area contributed by atoms with E-state index in [1.807, 2.05) is 11.3 Å². The van der Waals surface area contributed by atoms with E-state index in [1.54, 1.807) is 0 Å². The van der Waals surface area contributed by atoms with Gasteiger partial charge in [-0.3, -0.25) is 0 Å². The second kappa shape index (κ2) is 4.75. The molecule has 0 spiro atoms. The van der Waals surface area contributed by atoms with Gasteiger partial charge in [-0.1, -0.05) is 18.6 Å². The number of thiazole rings is 1. The predicted molar refractivity (Wildman–Crippen MR) is 81.9 cm³/mol. The standard InChI is InChI=1S/C16H18ClNS/c17-13(12-8-10-5-6-11(12)7-10)9-16-18-14-3-1-2-4-15(14)19-16/h1-4,10-13H,5-9H2. The Hall–Kier alpha value is -0.600. The summed E-state index contributed by atoms with van der Waals surface area (Å²) >= 11 is 8.52. The molecule has 1 heterocycles. The van der Waals surface area contributed by atoms with Gasteiger partial charge >= 0.3 is 0 Å². The second-order valence-corrected chi connectivity index (χ2v) is 7.81. The molecule has 2 bridgehead atoms. The number of alkyl halides is 1. The number of fused-ring (bicyclic) bond motifs is 3. The van der Waals surface area contributed by atoms with E-state index < -0.39 is 0 Å². The zero-order chi connectivity index (χ0) is 12.8. The van der Waals surface area contributed by atoms with Gasteiger partial charge in [0, 0.05) is 11.8 Å². The van der Waals surface area contributed by atoms with Crippen LogP contribution in [-0.4, -0.2) is 10.4 Å². The molecule has 1 aromatic carbocycles. The minimum Gasteiger partial charge on any atom is -0.241 e. The first-order valence-corrected chi connectivity index (χ1v) is 8.53. The maximum absolute atomic E-state index is 6.71. The maximum atomic E-state index is 6.71. The molecule has 2 aromatic rings. The van der Waals surface area contributed by atoms with E-state index in [9.17, 15) is 0 Å². The molecule has 100 valence electrons. The van der Waals surface area contributed by atoms with Crippen LogP contribution in [0.25, 0.3) is 10.2 Å². The largest absolute Gasteiger partial charge is 0.241 e. The van der Waals surface area contributed by atoms with Crippen LogP contribution in [0.3, 0.4) is 0 Å². The van der Waals surface area contributed by atoms with Crippen molar-refractivity contribution in [3.63, 3.8) is 0 Å². The molecule has 1 nitrogen and oxygen atoms in total. The monoisotopic (exact) mass is 291 g/mol. The van der Waals surface area contributed by atoms with Crippen molar-refractivity contribution >= 4 is 33.2 Å². The quantitative estimate of drug-likeness (QED) is 0.734. The molecule has 1 aromatic heterocycles. The van der Waals surface area contributed by atoms with Gasteiger partial charge in [-0.15, -0.1) is 22.9 Å². The number of rotatable bonds is 3. The number of nitrogens with zero attached hydrogens (tertiary/aromatic N) is 1. The Morgan fingerprint density at radius 3 is 2.89 bits per heavy atom. The zero-order valence-electron chi connectivity index (χ0n) is 10.9. The topological polar surface area (TPSA) is 12.9 Å². The molecule has 0 amide bonds. The van der Waals surface area contributed by atoms with Gasteiger partial charge in [0.05, 0.1) is 15.2 Å². The smallest absolute Gasteiger partial charge is 0.0953 e. The van der Waals surface area contributed by atoms with Crippen molar-refractivity contribution in [2.75, 3.05) is 0 Å². The van der Waals surface area contributed by atoms with E-state index in [2.05, 4.69) is 24.3 Å². The number of hydrogen-bond acceptors (Lipinski definition) is 2. The summed E-state index contributed by atoms with van der Waals surface area (Å²) in [6.07, 6.45) is 6.62. The minimum absolute atomic E-state index is 0.288. The van der Waals surface area contributed by atoms with Crippen molar-refractivity contribution in [2.24, 2.45) is 17.8 Å². The van der Waals surface area contributed by atoms with Gasteiger partial charge in [-0.2, -0.15) is 0 Å². The summed E-state index contributed by atoms with van der Waals surface area (Å²) in [7, 11) is 0. The fourth-order valence-corrected chi connectivity index (χ4v) is 5.63. The fraction of sp³-hybridized carbons (Fsp3) is 0.562. The van der Waals surface area contributed by atoms with E-state index in [1.165, 1.54) is 35.4 Å². The molecule has 2 aliphatic carbocycles. The van der Waals surface area contributed by atoms with Gasteiger partial charge in [0.2, 0.25) is 0 Å². The number of benzene rings is 1. The molecule has 3 heteroatoms. The summed E-state index contributed by atoms with van der Waals surface area (Å²) in [6, 6.07) is 8.38. The highest BCUT2D eigenvalue weighted by atomic mass is 35.5. The van der Waals surface area contributed by atoms with Crippen molar-refractivity contribution in [1.82, 2.24) is 4.98 Å². The van der Waals surface area contributed by atoms with Crippen molar-refractivity contribution in [1.29, 1.82) is 0 Å². The molecule has 0 N–H and O–H groups in total. The molecular formula is C16H18ClNS. The highest BCUT2D eigenvalue weighted by Gasteiger charge is 2.42. The SMILES string of the molecule is ClC(Cc1nc2ccccc2s1)C1CC2CCC1C2. The van der Waals surface area contributed by atoms with E-state index >= 15 is 0 Å². The highest BCUT2D eigenvalue weighted by Crippen LogP contribution is 2.51. The molecule has 4 rings (SSSR count). The highest BCUT2D eigenvalue weighted by molar-refractivity contribution is 7.18. The average Bonchev–Trinajstić information content (AvgIpc) is 3.12. The van der Waals surface area contributed by atoms with Gasteiger partial charge in [0.15, 0.2) is 0 Å². The molecule has 2 fully saturated rings. The third-order valence-corrected chi connectivity index (χ3v) is 6.50. The Balaban J connectivity index is 1.51. The number of hydrogen-bond donors (Lipinski definition) is 0. The number of halogens is 1. The Kier molecular flexibility index (Phi) is 3.04. The molecule has 2 aliphatic rings. The first-order valence-electron chi connectivity index (χ1n) is 7.28. The van der Waals surface area contributed by atoms with Crippen LogP contribution < -0.4 is 0 Å². The van der Waals surface area contributed by atoms with Crippen LogP contribution in [0.4, 0.5) is 0 Å². The molecule has 4 atom stereocenters. The van der Waals surface area contributed by atoms with Crippen molar-refractivity contribution < 1.29 is 0 Å². The lowest BCUT2D eigenvalue weighted by Crippen LogP contribution is -2.23. The molecule has 0 aliphatic heterocycles. The van der Waals surface area contributed by atoms with Crippen LogP contribution in [0.1, 0.15) is 30.7 Å². The summed E-state index contributed by atoms with van der Waals surface area (Å²) in [5.41, 5.74) is 1.12. The number of aromatic nitrogens is 1. The van der Waals surface area contributed by atoms with Gasteiger partial charge in [0.1, 0.15) is 0 Å². The van der Waals surface area contributed by atoms with Gasteiger partial charge < -0.3 is 0 Å². The predicted octanol–water partition coefficient (Wildman–Crippen LogP) is 4.88. The normalized spacial score (nSPS) is 31.1. The zero-order valence-corrected chi connectivity index (χ0v) is 12.5. The van der Waals surface area contributed by atoms with Crippen LogP contribution in [0, 0.1) is 17.8 Å². The van der Waals surface area contributed by atoms with E-state index in [4.69, 9.17) is 16.6 Å². The first-order chi connectivity index (χ1) is 9.29. The summed E-state index contributed by atoms with van der Waals surface area (Å²) in [5.74, 6) is 2.63. The Bertz CT molecular complexity index is 560. The van der Waals surface area contributed by atoms with Crippen molar-refractivity contribution in [3.05, 3.63) is 29.3 Å². The lowest BCUT2D eigenvalue weighted by Gasteiger charge is -2.25. The van der Waals surface area contributed by atoms with Crippen LogP contribution in [0.15, 0.2) is 24.3 Å². The fourth-order valence-electron chi connectivity index (χ4n) is 4.06. The Morgan fingerprint density at radius 1 is 1.26 bits per heavy atom. The van der Waals surface area contributed by atoms with Crippen LogP contribution in [-0.2, 0) is 6.42 Å². The second-order valence-electron chi connectivity index (χ2n) is 6.13. The molecule has 2 saturated carbocycles. The summed E-state index contributed by atoms with van der Waals surface area (Å²) in [4.78, 5) is 4.72. The third-order valence-electron chi connectivity index (χ3n) is 4.97. The van der Waals surface area contributed by atoms with E-state index in [-0.39, 0.29) is 5.38 Å². The van der Waals surface area contributed by atoms with Crippen molar-refractivity contribution in [2.45, 2.75) is 37.5 Å².